The molecule has 1 saturated carbocycles. The highest BCUT2D eigenvalue weighted by atomic mass is 16.5. The molecule has 3 aromatic rings. The highest BCUT2D eigenvalue weighted by Crippen LogP contribution is 2.44. The minimum absolute atomic E-state index is 0.104. The number of fused-ring (bicyclic) bond motifs is 1. The molecule has 3 heterocycles. The van der Waals surface area contributed by atoms with Crippen molar-refractivity contribution >= 4 is 34.3 Å². The second-order valence-corrected chi connectivity index (χ2v) is 8.90. The zero-order chi connectivity index (χ0) is 24.7. The first kappa shape index (κ1) is 22.6. The van der Waals surface area contributed by atoms with Crippen molar-refractivity contribution in [3.8, 4) is 11.6 Å². The molecular formula is C25H29N7O3. The van der Waals surface area contributed by atoms with Gasteiger partial charge in [0.1, 0.15) is 11.4 Å². The molecular weight excluding hydrogens is 446 g/mol. The summed E-state index contributed by atoms with van der Waals surface area (Å²) >= 11 is 0. The molecule has 1 fully saturated rings. The van der Waals surface area contributed by atoms with E-state index in [2.05, 4.69) is 32.1 Å². The lowest BCUT2D eigenvalue weighted by atomic mass is 9.91. The number of ether oxygens (including phenoxy) is 1. The van der Waals surface area contributed by atoms with E-state index in [0.29, 0.717) is 41.3 Å². The smallest absolute Gasteiger partial charge is 0.281 e. The lowest BCUT2D eigenvalue weighted by Crippen LogP contribution is -2.43. The molecule has 0 radical (unpaired) electrons. The van der Waals surface area contributed by atoms with Crippen molar-refractivity contribution in [2.24, 2.45) is 7.05 Å². The number of pyridine rings is 1. The molecule has 5 rings (SSSR count). The summed E-state index contributed by atoms with van der Waals surface area (Å²) in [6.45, 7) is 4.15. The lowest BCUT2D eigenvalue weighted by molar-refractivity contribution is -0.111. The van der Waals surface area contributed by atoms with Crippen LogP contribution in [0.1, 0.15) is 19.3 Å². The van der Waals surface area contributed by atoms with E-state index in [1.165, 1.54) is 12.5 Å². The van der Waals surface area contributed by atoms with Crippen LogP contribution in [0.5, 0.6) is 5.88 Å². The van der Waals surface area contributed by atoms with Crippen LogP contribution in [-0.2, 0) is 11.8 Å². The number of rotatable bonds is 7. The molecule has 182 valence electrons. The maximum Gasteiger partial charge on any atom is 0.281 e. The molecule has 0 spiro atoms. The van der Waals surface area contributed by atoms with Gasteiger partial charge in [-0.1, -0.05) is 12.6 Å². The van der Waals surface area contributed by atoms with E-state index < -0.39 is 0 Å². The molecule has 0 unspecified atom stereocenters. The van der Waals surface area contributed by atoms with Crippen molar-refractivity contribution in [2.75, 3.05) is 41.3 Å². The van der Waals surface area contributed by atoms with Gasteiger partial charge in [0.05, 0.1) is 37.0 Å². The van der Waals surface area contributed by atoms with Crippen LogP contribution in [0.15, 0.2) is 54.1 Å². The van der Waals surface area contributed by atoms with Crippen LogP contribution in [0.25, 0.3) is 5.69 Å². The number of nitrogens with zero attached hydrogens (tertiary/aromatic N) is 5. The molecule has 2 aliphatic rings. The number of carbonyl (C=O) groups is 1. The molecule has 2 N–H and O–H groups in total. The first-order valence-corrected chi connectivity index (χ1v) is 11.6. The molecule has 0 saturated heterocycles. The van der Waals surface area contributed by atoms with Crippen molar-refractivity contribution < 1.29 is 9.53 Å². The van der Waals surface area contributed by atoms with E-state index >= 15 is 0 Å². The Morgan fingerprint density at radius 2 is 2.00 bits per heavy atom. The van der Waals surface area contributed by atoms with E-state index in [1.54, 1.807) is 40.8 Å². The Bertz CT molecular complexity index is 1360. The molecule has 10 nitrogen and oxygen atoms in total. The fourth-order valence-corrected chi connectivity index (χ4v) is 4.66. The second-order valence-electron chi connectivity index (χ2n) is 8.90. The topological polar surface area (TPSA) is 96.7 Å². The number of anilines is 5. The first-order chi connectivity index (χ1) is 16.9. The number of aryl methyl sites for hydroxylation is 1. The zero-order valence-electron chi connectivity index (χ0n) is 20.1. The number of carbonyl (C=O) groups excluding carboxylic acids is 1. The molecule has 1 aliphatic heterocycles. The summed E-state index contributed by atoms with van der Waals surface area (Å²) < 4.78 is 8.73. The molecule has 35 heavy (non-hydrogen) atoms. The van der Waals surface area contributed by atoms with E-state index in [1.807, 2.05) is 26.4 Å². The molecule has 1 amide bonds. The summed E-state index contributed by atoms with van der Waals surface area (Å²) in [4.78, 5) is 30.0. The summed E-state index contributed by atoms with van der Waals surface area (Å²) in [7, 11) is 5.40. The van der Waals surface area contributed by atoms with Crippen LogP contribution < -0.4 is 30.7 Å². The number of nitrogens with one attached hydrogen (secondary N) is 2. The summed E-state index contributed by atoms with van der Waals surface area (Å²) in [5.41, 5.74) is 4.10. The van der Waals surface area contributed by atoms with Crippen molar-refractivity contribution in [1.29, 1.82) is 0 Å². The maximum absolute atomic E-state index is 13.9. The highest BCUT2D eigenvalue weighted by molar-refractivity contribution is 5.99. The first-order valence-electron chi connectivity index (χ1n) is 11.6. The molecule has 1 aliphatic carbocycles. The Hall–Kier alpha value is -4.21. The fourth-order valence-electron chi connectivity index (χ4n) is 4.66. The van der Waals surface area contributed by atoms with Gasteiger partial charge in [0, 0.05) is 32.0 Å². The predicted octanol–water partition coefficient (Wildman–Crippen LogP) is 3.21. The third-order valence-corrected chi connectivity index (χ3v) is 6.54. The van der Waals surface area contributed by atoms with Gasteiger partial charge in [-0.3, -0.25) is 18.8 Å². The van der Waals surface area contributed by atoms with Crippen molar-refractivity contribution in [3.05, 3.63) is 59.7 Å². The average molecular weight is 476 g/mol. The van der Waals surface area contributed by atoms with Gasteiger partial charge in [-0.15, -0.1) is 5.10 Å². The zero-order valence-corrected chi connectivity index (χ0v) is 20.1. The van der Waals surface area contributed by atoms with Gasteiger partial charge in [-0.25, -0.2) is 0 Å². The number of hydrogen-bond donors (Lipinski definition) is 2. The van der Waals surface area contributed by atoms with Crippen LogP contribution in [0.3, 0.4) is 0 Å². The third kappa shape index (κ3) is 4.01. The standard InChI is InChI=1S/C25H29N7O3/c1-5-21(33)26-16-8-6-11-18(12-16)31-14-19(27-20-13-30(3)28-24(20)35-4)22-23(25(31)34)32(15-29(22)2)17-9-7-10-17/h5-6,8,11-14,17,27H,1,7,9-10,15H2,2-4H3,(H,26,33). The second kappa shape index (κ2) is 8.86. The van der Waals surface area contributed by atoms with E-state index in [4.69, 9.17) is 4.74 Å². The van der Waals surface area contributed by atoms with E-state index in [9.17, 15) is 9.59 Å². The van der Waals surface area contributed by atoms with Crippen molar-refractivity contribution in [3.63, 3.8) is 0 Å². The van der Waals surface area contributed by atoms with E-state index in [0.717, 1.165) is 24.2 Å². The van der Waals surface area contributed by atoms with Gasteiger partial charge in [-0.05, 0) is 43.5 Å². The fraction of sp³-hybridized carbons (Fsp3) is 0.320. The summed E-state index contributed by atoms with van der Waals surface area (Å²) in [6, 6.07) is 7.55. The number of hydrogen-bond acceptors (Lipinski definition) is 7. The number of methoxy groups -OCH3 is 1. The summed E-state index contributed by atoms with van der Waals surface area (Å²) in [5, 5.41) is 10.5. The number of amides is 1. The quantitative estimate of drug-likeness (QED) is 0.507. The van der Waals surface area contributed by atoms with Crippen molar-refractivity contribution in [2.45, 2.75) is 25.3 Å². The van der Waals surface area contributed by atoms with Crippen LogP contribution in [0.4, 0.5) is 28.4 Å². The molecule has 2 aromatic heterocycles. The molecule has 10 heteroatoms. The molecule has 0 bridgehead atoms. The largest absolute Gasteiger partial charge is 0.478 e. The number of benzene rings is 1. The van der Waals surface area contributed by atoms with Gasteiger partial charge < -0.3 is 25.2 Å². The van der Waals surface area contributed by atoms with Gasteiger partial charge in [0.25, 0.3) is 11.4 Å². The maximum atomic E-state index is 13.9. The Morgan fingerprint density at radius 1 is 1.20 bits per heavy atom. The van der Waals surface area contributed by atoms with Crippen LogP contribution in [-0.4, -0.2) is 47.1 Å². The highest BCUT2D eigenvalue weighted by Gasteiger charge is 2.37. The predicted molar refractivity (Wildman–Crippen MR) is 137 cm³/mol. The summed E-state index contributed by atoms with van der Waals surface area (Å²) in [6.07, 6.45) is 8.16. The Labute approximate surface area is 203 Å². The van der Waals surface area contributed by atoms with Gasteiger partial charge >= 0.3 is 0 Å². The Kier molecular flexibility index (Phi) is 5.72. The Balaban J connectivity index is 1.66. The lowest BCUT2D eigenvalue weighted by Gasteiger charge is -2.36. The normalized spacial score (nSPS) is 14.9. The van der Waals surface area contributed by atoms with Gasteiger partial charge in [0.15, 0.2) is 0 Å². The SMILES string of the molecule is C=CC(=O)Nc1cccc(-n2cc(Nc3cn(C)nc3OC)c3c(c2=O)N(C2CCC2)CN3C)c1. The van der Waals surface area contributed by atoms with Gasteiger partial charge in [-0.2, -0.15) is 0 Å². The van der Waals surface area contributed by atoms with E-state index in [-0.39, 0.29) is 11.5 Å². The number of aromatic nitrogens is 3. The van der Waals surface area contributed by atoms with Crippen molar-refractivity contribution in [1.82, 2.24) is 14.3 Å². The molecule has 0 atom stereocenters. The molecule has 1 aromatic carbocycles. The van der Waals surface area contributed by atoms with Gasteiger partial charge in [0.2, 0.25) is 5.91 Å². The van der Waals surface area contributed by atoms with Crippen LogP contribution in [0.2, 0.25) is 0 Å². The average Bonchev–Trinajstić information content (AvgIpc) is 3.33. The summed E-state index contributed by atoms with van der Waals surface area (Å²) in [5.74, 6) is 0.150. The minimum Gasteiger partial charge on any atom is -0.478 e. The minimum atomic E-state index is -0.313. The third-order valence-electron chi connectivity index (χ3n) is 6.54. The Morgan fingerprint density at radius 3 is 2.69 bits per heavy atom. The van der Waals surface area contributed by atoms with Crippen LogP contribution in [0, 0.1) is 0 Å². The monoisotopic (exact) mass is 475 g/mol. The van der Waals surface area contributed by atoms with Crippen LogP contribution >= 0.6 is 0 Å².